The third-order valence-electron chi connectivity index (χ3n) is 2.21. The van der Waals surface area contributed by atoms with Crippen LogP contribution in [-0.4, -0.2) is 21.1 Å². The molecule has 0 amide bonds. The van der Waals surface area contributed by atoms with Crippen LogP contribution in [-0.2, 0) is 0 Å². The van der Waals surface area contributed by atoms with Crippen molar-refractivity contribution >= 4 is 24.7 Å². The van der Waals surface area contributed by atoms with E-state index in [-0.39, 0.29) is 0 Å². The SMILES string of the molecule is C=CC(CC)=[C](C)[Sn][c]1ccccc1. The van der Waals surface area contributed by atoms with Gasteiger partial charge in [-0.25, -0.2) is 0 Å². The molecule has 0 nitrogen and oxygen atoms in total. The standard InChI is InChI=1S/C7H11.C6H5.Sn/c1-4-7(5-2)6-3;1-2-4-6-5-3-1;/h4H,1,5H2,2-3H3;1-5H;. The first-order chi connectivity index (χ1) is 6.77. The van der Waals surface area contributed by atoms with Crippen LogP contribution in [0.1, 0.15) is 20.3 Å². The Labute approximate surface area is 97.0 Å². The zero-order valence-corrected chi connectivity index (χ0v) is 11.7. The second-order valence-electron chi connectivity index (χ2n) is 3.20. The first-order valence-electron chi connectivity index (χ1n) is 4.92. The zero-order chi connectivity index (χ0) is 10.4. The maximum absolute atomic E-state index is 3.86. The number of benzene rings is 1. The molecule has 0 spiro atoms. The van der Waals surface area contributed by atoms with Crippen LogP contribution in [0.5, 0.6) is 0 Å². The molecule has 0 aliphatic heterocycles. The van der Waals surface area contributed by atoms with Crippen molar-refractivity contribution in [3.8, 4) is 0 Å². The summed E-state index contributed by atoms with van der Waals surface area (Å²) in [6.45, 7) is 8.33. The fourth-order valence-electron chi connectivity index (χ4n) is 1.38. The van der Waals surface area contributed by atoms with Crippen molar-refractivity contribution in [2.75, 3.05) is 0 Å². The third-order valence-corrected chi connectivity index (χ3v) is 5.98. The molecular weight excluding hydrogens is 275 g/mol. The molecule has 2 radical (unpaired) electrons. The van der Waals surface area contributed by atoms with Crippen molar-refractivity contribution in [1.29, 1.82) is 0 Å². The summed E-state index contributed by atoms with van der Waals surface area (Å²) in [6.07, 6.45) is 3.13. The summed E-state index contributed by atoms with van der Waals surface area (Å²) in [5.41, 5.74) is 1.44. The van der Waals surface area contributed by atoms with E-state index in [4.69, 9.17) is 0 Å². The van der Waals surface area contributed by atoms with Gasteiger partial charge in [0.05, 0.1) is 0 Å². The van der Waals surface area contributed by atoms with Crippen LogP contribution in [0.15, 0.2) is 52.1 Å². The summed E-state index contributed by atoms with van der Waals surface area (Å²) in [5, 5.41) is 0. The quantitative estimate of drug-likeness (QED) is 0.591. The number of allylic oxidation sites excluding steroid dienone is 3. The molecule has 1 aromatic rings. The Bertz CT molecular complexity index is 322. The van der Waals surface area contributed by atoms with Gasteiger partial charge in [0.15, 0.2) is 0 Å². The van der Waals surface area contributed by atoms with Gasteiger partial charge in [0.25, 0.3) is 0 Å². The van der Waals surface area contributed by atoms with Gasteiger partial charge in [0.2, 0.25) is 0 Å². The average Bonchev–Trinajstić information content (AvgIpc) is 2.21. The summed E-state index contributed by atoms with van der Waals surface area (Å²) in [7, 11) is 0. The van der Waals surface area contributed by atoms with E-state index in [1.807, 2.05) is 6.08 Å². The predicted molar refractivity (Wildman–Crippen MR) is 65.0 cm³/mol. The summed E-state index contributed by atoms with van der Waals surface area (Å²) in [4.78, 5) is 0. The van der Waals surface area contributed by atoms with Crippen LogP contribution in [0, 0.1) is 0 Å². The van der Waals surface area contributed by atoms with E-state index in [9.17, 15) is 0 Å². The van der Waals surface area contributed by atoms with Gasteiger partial charge < -0.3 is 0 Å². The Hall–Kier alpha value is -0.501. The molecule has 14 heavy (non-hydrogen) atoms. The monoisotopic (exact) mass is 292 g/mol. The van der Waals surface area contributed by atoms with Gasteiger partial charge in [-0.15, -0.1) is 0 Å². The second kappa shape index (κ2) is 6.07. The fourth-order valence-corrected chi connectivity index (χ4v) is 4.90. The van der Waals surface area contributed by atoms with Crippen molar-refractivity contribution in [2.45, 2.75) is 20.3 Å². The number of rotatable bonds is 4. The molecule has 0 saturated carbocycles. The molecule has 0 aromatic heterocycles. The van der Waals surface area contributed by atoms with E-state index in [0.29, 0.717) is 0 Å². The zero-order valence-electron chi connectivity index (χ0n) is 8.88. The van der Waals surface area contributed by atoms with Gasteiger partial charge in [-0.2, -0.15) is 0 Å². The molecule has 1 aromatic carbocycles. The number of hydrogen-bond acceptors (Lipinski definition) is 0. The first-order valence-corrected chi connectivity index (χ1v) is 7.77. The van der Waals surface area contributed by atoms with Crippen LogP contribution in [0.25, 0.3) is 0 Å². The normalized spacial score (nSPS) is 12.1. The fraction of sp³-hybridized carbons (Fsp3) is 0.231. The van der Waals surface area contributed by atoms with Crippen LogP contribution in [0.2, 0.25) is 0 Å². The van der Waals surface area contributed by atoms with Crippen LogP contribution in [0.3, 0.4) is 0 Å². The van der Waals surface area contributed by atoms with Crippen molar-refractivity contribution in [3.63, 3.8) is 0 Å². The molecule has 0 N–H and O–H groups in total. The van der Waals surface area contributed by atoms with E-state index in [2.05, 4.69) is 50.8 Å². The number of hydrogen-bond donors (Lipinski definition) is 0. The summed E-state index contributed by atoms with van der Waals surface area (Å²) in [5.74, 6) is 0. The van der Waals surface area contributed by atoms with Gasteiger partial charge in [-0.1, -0.05) is 0 Å². The molecule has 72 valence electrons. The summed E-state index contributed by atoms with van der Waals surface area (Å²) in [6, 6.07) is 10.8. The van der Waals surface area contributed by atoms with Gasteiger partial charge in [-0.05, 0) is 0 Å². The minimum absolute atomic E-state index is 0.536. The van der Waals surface area contributed by atoms with Crippen molar-refractivity contribution in [1.82, 2.24) is 0 Å². The van der Waals surface area contributed by atoms with Crippen LogP contribution in [0.4, 0.5) is 0 Å². The van der Waals surface area contributed by atoms with E-state index in [1.165, 1.54) is 5.57 Å². The molecule has 0 aliphatic rings. The Morgan fingerprint density at radius 1 is 1.36 bits per heavy atom. The molecule has 0 unspecified atom stereocenters. The van der Waals surface area contributed by atoms with Gasteiger partial charge in [-0.3, -0.25) is 0 Å². The molecule has 1 rings (SSSR count). The molecule has 0 heterocycles. The average molecular weight is 291 g/mol. The Kier molecular flexibility index (Phi) is 5.02. The molecule has 0 fully saturated rings. The molecule has 0 atom stereocenters. The molecule has 1 heteroatoms. The molecule has 0 saturated heterocycles. The van der Waals surface area contributed by atoms with E-state index in [0.717, 1.165) is 6.42 Å². The third kappa shape index (κ3) is 3.33. The Morgan fingerprint density at radius 3 is 2.50 bits per heavy atom. The van der Waals surface area contributed by atoms with Gasteiger partial charge in [0, 0.05) is 0 Å². The van der Waals surface area contributed by atoms with E-state index in [1.54, 1.807) is 7.17 Å². The first kappa shape index (κ1) is 11.6. The summed E-state index contributed by atoms with van der Waals surface area (Å²) < 4.78 is 3.14. The Balaban J connectivity index is 2.79. The van der Waals surface area contributed by atoms with E-state index >= 15 is 0 Å². The summed E-state index contributed by atoms with van der Waals surface area (Å²) >= 11 is -0.536. The minimum atomic E-state index is -0.536. The topological polar surface area (TPSA) is 0 Å². The van der Waals surface area contributed by atoms with Crippen LogP contribution >= 0.6 is 0 Å². The Morgan fingerprint density at radius 2 is 2.00 bits per heavy atom. The van der Waals surface area contributed by atoms with Gasteiger partial charge in [0.1, 0.15) is 0 Å². The maximum atomic E-state index is 3.86. The van der Waals surface area contributed by atoms with E-state index < -0.39 is 21.1 Å². The second-order valence-corrected chi connectivity index (χ2v) is 7.70. The van der Waals surface area contributed by atoms with Crippen LogP contribution < -0.4 is 3.58 Å². The molecular formula is C13H16Sn. The predicted octanol–water partition coefficient (Wildman–Crippen LogP) is 2.89. The van der Waals surface area contributed by atoms with Gasteiger partial charge >= 0.3 is 97.1 Å². The van der Waals surface area contributed by atoms with Crippen molar-refractivity contribution in [2.24, 2.45) is 0 Å². The molecule has 0 aliphatic carbocycles. The van der Waals surface area contributed by atoms with Crippen molar-refractivity contribution < 1.29 is 0 Å². The molecule has 0 bridgehead atoms. The van der Waals surface area contributed by atoms with Crippen molar-refractivity contribution in [3.05, 3.63) is 52.1 Å².